The average Bonchev–Trinajstić information content (AvgIpc) is 3.57. The maximum atomic E-state index is 13.2. The molecule has 5 heterocycles. The second-order valence-corrected chi connectivity index (χ2v) is 17.0. The smallest absolute Gasteiger partial charge is 0.410 e. The lowest BCUT2D eigenvalue weighted by molar-refractivity contribution is -0.376. The van der Waals surface area contributed by atoms with Crippen molar-refractivity contribution in [1.82, 2.24) is 26.2 Å². The number of fused-ring (bicyclic) bond motifs is 3. The summed E-state index contributed by atoms with van der Waals surface area (Å²) in [6.07, 6.45) is -17.1. The standard InChI is InChI=1S/C42H57N5O16/c1-20-13-26-35(36-29(47(2)42(55)62-36)38(58-26)63-39-33(52)31(50)28(27(17-48)59-39)44-23-15-43-16-23)61-37(20)60-34-25(46-41(54)57-19-22-11-7-4-8-12-22)14-24(30(49)32(34)51)45-40(53)56-18-21-9-5-3-6-10-21/h3-12,20,23-39,43-44,48-52H,13-19H2,1-2H3,(H,45,53)(H,46,54)/t20?,24-,25?,26+,27?,28-,29?,30?,31+,32-,33?,34-,35?,36?,37+,38?,39-/m1/s1. The van der Waals surface area contributed by atoms with Crippen LogP contribution in [0.5, 0.6) is 0 Å². The Morgan fingerprint density at radius 2 is 1.40 bits per heavy atom. The summed E-state index contributed by atoms with van der Waals surface area (Å²) < 4.78 is 48.2. The van der Waals surface area contributed by atoms with Crippen molar-refractivity contribution in [3.05, 3.63) is 71.8 Å². The summed E-state index contributed by atoms with van der Waals surface area (Å²) in [5.74, 6) is -0.470. The number of hydrogen-bond donors (Lipinski definition) is 9. The highest BCUT2D eigenvalue weighted by molar-refractivity contribution is 5.71. The van der Waals surface area contributed by atoms with Crippen LogP contribution in [0.2, 0.25) is 0 Å². The van der Waals surface area contributed by atoms with E-state index in [1.807, 2.05) is 12.1 Å². The third-order valence-corrected chi connectivity index (χ3v) is 12.6. The first-order valence-electron chi connectivity index (χ1n) is 21.3. The van der Waals surface area contributed by atoms with Crippen LogP contribution in [0.1, 0.15) is 30.9 Å². The van der Waals surface area contributed by atoms with Crippen molar-refractivity contribution in [1.29, 1.82) is 0 Å². The number of hydrogen-bond acceptors (Lipinski definition) is 18. The molecule has 5 aliphatic heterocycles. The topological polar surface area (TPSA) is 278 Å². The van der Waals surface area contributed by atoms with Crippen molar-refractivity contribution >= 4 is 18.3 Å². The normalized spacial score (nSPS) is 38.9. The molecule has 9 N–H and O–H groups in total. The Bertz CT molecular complexity index is 1850. The van der Waals surface area contributed by atoms with Gasteiger partial charge in [0.1, 0.15) is 62.0 Å². The molecule has 5 saturated heterocycles. The predicted octanol–water partition coefficient (Wildman–Crippen LogP) is -1.23. The van der Waals surface area contributed by atoms with Gasteiger partial charge in [-0.15, -0.1) is 0 Å². The Labute approximate surface area is 363 Å². The molecule has 21 heteroatoms. The molecule has 1 aliphatic carbocycles. The lowest BCUT2D eigenvalue weighted by atomic mass is 9.83. The summed E-state index contributed by atoms with van der Waals surface area (Å²) in [6, 6.07) is 14.2. The number of rotatable bonds is 13. The van der Waals surface area contributed by atoms with Gasteiger partial charge in [-0.25, -0.2) is 14.4 Å². The monoisotopic (exact) mass is 887 g/mol. The molecule has 0 radical (unpaired) electrons. The third-order valence-electron chi connectivity index (χ3n) is 12.6. The number of aliphatic hydroxyl groups is 5. The van der Waals surface area contributed by atoms with Crippen LogP contribution in [0.3, 0.4) is 0 Å². The molecule has 9 unspecified atom stereocenters. The highest BCUT2D eigenvalue weighted by Gasteiger charge is 2.61. The number of nitrogens with zero attached hydrogens (tertiary/aromatic N) is 1. The molecular weight excluding hydrogens is 830 g/mol. The molecule has 0 spiro atoms. The molecular formula is C42H57N5O16. The Morgan fingerprint density at radius 3 is 2.00 bits per heavy atom. The van der Waals surface area contributed by atoms with Crippen LogP contribution >= 0.6 is 0 Å². The Balaban J connectivity index is 0.950. The number of alkyl carbamates (subject to hydrolysis) is 2. The van der Waals surface area contributed by atoms with Crippen molar-refractivity contribution in [2.45, 2.75) is 137 Å². The van der Waals surface area contributed by atoms with Gasteiger partial charge in [0.15, 0.2) is 25.0 Å². The minimum atomic E-state index is -1.67. The van der Waals surface area contributed by atoms with E-state index in [0.717, 1.165) is 11.1 Å². The molecule has 6 fully saturated rings. The number of likely N-dealkylation sites (N-methyl/N-ethyl adjacent to an activating group) is 1. The van der Waals surface area contributed by atoms with Gasteiger partial charge < -0.3 is 84.7 Å². The first-order chi connectivity index (χ1) is 30.4. The molecule has 2 aromatic rings. The SMILES string of the molecule is CC1C[C@@H]2OC(O[C@H]3OC(CO)[C@@H](NC4CNC4)[C@H](O)C3O)C3C(OC(=O)N3C)C2O[C@@H]1O[C@@H]1C(NC(=O)OCc2ccccc2)C[C@@H](NC(=O)OCc2ccccc2)C(O)[C@H]1O. The second-order valence-electron chi connectivity index (χ2n) is 17.0. The summed E-state index contributed by atoms with van der Waals surface area (Å²) in [5.41, 5.74) is 1.47. The lowest BCUT2D eigenvalue weighted by Crippen LogP contribution is -2.70. The summed E-state index contributed by atoms with van der Waals surface area (Å²) in [5, 5.41) is 67.1. The minimum absolute atomic E-state index is 0.0211. The van der Waals surface area contributed by atoms with Crippen molar-refractivity contribution in [2.24, 2.45) is 5.92 Å². The van der Waals surface area contributed by atoms with Gasteiger partial charge in [0.05, 0.1) is 30.8 Å². The van der Waals surface area contributed by atoms with Gasteiger partial charge in [-0.2, -0.15) is 0 Å². The van der Waals surface area contributed by atoms with E-state index < -0.39 is 129 Å². The quantitative estimate of drug-likeness (QED) is 0.107. The highest BCUT2D eigenvalue weighted by atomic mass is 16.8. The van der Waals surface area contributed by atoms with Crippen molar-refractivity contribution in [3.8, 4) is 0 Å². The summed E-state index contributed by atoms with van der Waals surface area (Å²) in [6.45, 7) is 2.54. The van der Waals surface area contributed by atoms with Crippen molar-refractivity contribution < 1.29 is 77.8 Å². The van der Waals surface area contributed by atoms with Gasteiger partial charge in [0.2, 0.25) is 0 Å². The second kappa shape index (κ2) is 19.9. The van der Waals surface area contributed by atoms with Crippen LogP contribution in [-0.4, -0.2) is 179 Å². The Kier molecular flexibility index (Phi) is 14.3. The molecule has 2 aromatic carbocycles. The fraction of sp³-hybridized carbons (Fsp3) is 0.643. The number of carbonyl (C=O) groups is 3. The van der Waals surface area contributed by atoms with Crippen LogP contribution in [0, 0.1) is 5.92 Å². The molecule has 0 bridgehead atoms. The van der Waals surface area contributed by atoms with E-state index in [2.05, 4.69) is 21.3 Å². The van der Waals surface area contributed by atoms with E-state index in [4.69, 9.17) is 37.9 Å². The van der Waals surface area contributed by atoms with E-state index >= 15 is 0 Å². The van der Waals surface area contributed by atoms with Crippen molar-refractivity contribution in [2.75, 3.05) is 26.7 Å². The first kappa shape index (κ1) is 45.3. The van der Waals surface area contributed by atoms with Gasteiger partial charge in [-0.3, -0.25) is 4.90 Å². The molecule has 21 nitrogen and oxygen atoms in total. The molecule has 3 amide bonds. The van der Waals surface area contributed by atoms with Crippen LogP contribution < -0.4 is 21.3 Å². The van der Waals surface area contributed by atoms with E-state index in [1.54, 1.807) is 55.5 Å². The lowest BCUT2D eigenvalue weighted by Gasteiger charge is -2.51. The zero-order valence-electron chi connectivity index (χ0n) is 34.8. The average molecular weight is 888 g/mol. The largest absolute Gasteiger partial charge is 0.445 e. The summed E-state index contributed by atoms with van der Waals surface area (Å²) in [4.78, 5) is 40.5. The van der Waals surface area contributed by atoms with Gasteiger partial charge in [-0.1, -0.05) is 67.6 Å². The fourth-order valence-corrected chi connectivity index (χ4v) is 9.03. The van der Waals surface area contributed by atoms with Gasteiger partial charge in [-0.05, 0) is 24.0 Å². The number of ether oxygens (including phenoxy) is 8. The van der Waals surface area contributed by atoms with Crippen LogP contribution in [0.15, 0.2) is 60.7 Å². The molecule has 0 aromatic heterocycles. The van der Waals surface area contributed by atoms with E-state index in [0.29, 0.717) is 13.1 Å². The van der Waals surface area contributed by atoms with Gasteiger partial charge in [0.25, 0.3) is 0 Å². The molecule has 17 atom stereocenters. The molecule has 346 valence electrons. The Hall–Kier alpha value is -4.23. The third kappa shape index (κ3) is 10.0. The molecule has 1 saturated carbocycles. The molecule has 6 aliphatic rings. The van der Waals surface area contributed by atoms with E-state index in [9.17, 15) is 39.9 Å². The Morgan fingerprint density at radius 1 is 0.762 bits per heavy atom. The number of benzene rings is 2. The highest BCUT2D eigenvalue weighted by Crippen LogP contribution is 2.42. The number of carbonyl (C=O) groups excluding carboxylic acids is 3. The minimum Gasteiger partial charge on any atom is -0.445 e. The maximum absolute atomic E-state index is 13.2. The number of aliphatic hydroxyl groups excluding tert-OH is 5. The number of amides is 3. The van der Waals surface area contributed by atoms with E-state index in [1.165, 1.54) is 11.9 Å². The van der Waals surface area contributed by atoms with E-state index in [-0.39, 0.29) is 32.1 Å². The molecule has 8 rings (SSSR count). The van der Waals surface area contributed by atoms with Crippen LogP contribution in [0.4, 0.5) is 14.4 Å². The first-order valence-corrected chi connectivity index (χ1v) is 21.3. The fourth-order valence-electron chi connectivity index (χ4n) is 9.03. The zero-order chi connectivity index (χ0) is 44.4. The van der Waals surface area contributed by atoms with Gasteiger partial charge in [0, 0.05) is 32.1 Å². The van der Waals surface area contributed by atoms with Crippen LogP contribution in [0.25, 0.3) is 0 Å². The predicted molar refractivity (Wildman–Crippen MR) is 214 cm³/mol. The zero-order valence-corrected chi connectivity index (χ0v) is 34.8. The van der Waals surface area contributed by atoms with Gasteiger partial charge >= 0.3 is 18.3 Å². The van der Waals surface area contributed by atoms with Crippen LogP contribution in [-0.2, 0) is 51.1 Å². The van der Waals surface area contributed by atoms with Crippen molar-refractivity contribution in [3.63, 3.8) is 0 Å². The summed E-state index contributed by atoms with van der Waals surface area (Å²) in [7, 11) is 1.48. The molecule has 63 heavy (non-hydrogen) atoms. The maximum Gasteiger partial charge on any atom is 0.410 e. The summed E-state index contributed by atoms with van der Waals surface area (Å²) >= 11 is 0. The number of nitrogens with one attached hydrogen (secondary N) is 4.